The highest BCUT2D eigenvalue weighted by atomic mass is 35.5. The second-order valence-corrected chi connectivity index (χ2v) is 4.10. The summed E-state index contributed by atoms with van der Waals surface area (Å²) in [6.45, 7) is 5.64. The molecule has 2 rings (SSSR count). The molecule has 0 spiro atoms. The normalized spacial score (nSPS) is 11.0. The Morgan fingerprint density at radius 3 is 2.53 bits per heavy atom. The Balaban J connectivity index is 3.04. The molecule has 2 aromatic rings. The van der Waals surface area contributed by atoms with Crippen LogP contribution in [-0.2, 0) is 0 Å². The van der Waals surface area contributed by atoms with E-state index in [9.17, 15) is 4.39 Å². The fraction of sp³-hybridized carbons (Fsp3) is 0.250. The minimum absolute atomic E-state index is 0.309. The molecule has 0 amide bonds. The van der Waals surface area contributed by atoms with E-state index in [-0.39, 0.29) is 5.82 Å². The van der Waals surface area contributed by atoms with Gasteiger partial charge in [-0.2, -0.15) is 0 Å². The molecule has 1 heterocycles. The summed E-state index contributed by atoms with van der Waals surface area (Å²) in [5, 5.41) is 0.901. The third-order valence-corrected chi connectivity index (χ3v) is 3.17. The Kier molecular flexibility index (Phi) is 2.39. The van der Waals surface area contributed by atoms with E-state index in [2.05, 4.69) is 4.98 Å². The van der Waals surface area contributed by atoms with Crippen molar-refractivity contribution >= 4 is 22.5 Å². The van der Waals surface area contributed by atoms with Gasteiger partial charge >= 0.3 is 0 Å². The molecule has 0 saturated heterocycles. The number of benzene rings is 1. The summed E-state index contributed by atoms with van der Waals surface area (Å²) in [4.78, 5) is 4.37. The molecule has 15 heavy (non-hydrogen) atoms. The lowest BCUT2D eigenvalue weighted by atomic mass is 10.1. The summed E-state index contributed by atoms with van der Waals surface area (Å²) >= 11 is 6.13. The molecule has 1 aromatic heterocycles. The Labute approximate surface area is 92.9 Å². The highest BCUT2D eigenvalue weighted by Gasteiger charge is 2.12. The fourth-order valence-electron chi connectivity index (χ4n) is 1.62. The van der Waals surface area contributed by atoms with Crippen molar-refractivity contribution in [2.75, 3.05) is 0 Å². The average Bonchev–Trinajstić information content (AvgIpc) is 2.20. The summed E-state index contributed by atoms with van der Waals surface area (Å²) in [5.74, 6) is -0.309. The summed E-state index contributed by atoms with van der Waals surface area (Å²) in [6, 6.07) is 3.15. The quantitative estimate of drug-likeness (QED) is 0.659. The third kappa shape index (κ3) is 1.49. The summed E-state index contributed by atoms with van der Waals surface area (Å²) in [7, 11) is 0. The van der Waals surface area contributed by atoms with Gasteiger partial charge in [0.15, 0.2) is 0 Å². The maximum atomic E-state index is 13.6. The molecule has 0 atom stereocenters. The van der Waals surface area contributed by atoms with Crippen LogP contribution in [0.4, 0.5) is 4.39 Å². The number of hydrogen-bond donors (Lipinski definition) is 0. The monoisotopic (exact) mass is 223 g/mol. The van der Waals surface area contributed by atoms with E-state index >= 15 is 0 Å². The minimum atomic E-state index is -0.309. The van der Waals surface area contributed by atoms with Crippen molar-refractivity contribution in [1.82, 2.24) is 4.98 Å². The van der Waals surface area contributed by atoms with E-state index in [1.165, 1.54) is 6.07 Å². The predicted octanol–water partition coefficient (Wildman–Crippen LogP) is 3.95. The van der Waals surface area contributed by atoms with Gasteiger partial charge in [-0.15, -0.1) is 0 Å². The molecule has 0 bridgehead atoms. The SMILES string of the molecule is Cc1nc2c(C)ccc(F)c2c(Cl)c1C. The van der Waals surface area contributed by atoms with Crippen molar-refractivity contribution < 1.29 is 4.39 Å². The fourth-order valence-corrected chi connectivity index (χ4v) is 1.94. The number of aryl methyl sites for hydroxylation is 2. The van der Waals surface area contributed by atoms with Crippen LogP contribution in [0.15, 0.2) is 12.1 Å². The van der Waals surface area contributed by atoms with Crippen molar-refractivity contribution in [1.29, 1.82) is 0 Å². The Hall–Kier alpha value is -1.15. The zero-order valence-electron chi connectivity index (χ0n) is 8.86. The second-order valence-electron chi connectivity index (χ2n) is 3.72. The molecular weight excluding hydrogens is 213 g/mol. The number of aromatic nitrogens is 1. The van der Waals surface area contributed by atoms with Crippen molar-refractivity contribution in [3.8, 4) is 0 Å². The standard InChI is InChI=1S/C12H11ClFN/c1-6-4-5-9(14)10-11(13)7(2)8(3)15-12(6)10/h4-5H,1-3H3. The smallest absolute Gasteiger partial charge is 0.134 e. The number of halogens is 2. The average molecular weight is 224 g/mol. The molecule has 0 N–H and O–H groups in total. The lowest BCUT2D eigenvalue weighted by Crippen LogP contribution is -1.95. The van der Waals surface area contributed by atoms with Gasteiger partial charge in [0.25, 0.3) is 0 Å². The van der Waals surface area contributed by atoms with E-state index in [4.69, 9.17) is 11.6 Å². The molecule has 0 unspecified atom stereocenters. The van der Waals surface area contributed by atoms with Crippen LogP contribution in [0.3, 0.4) is 0 Å². The lowest BCUT2D eigenvalue weighted by molar-refractivity contribution is 0.639. The topological polar surface area (TPSA) is 12.9 Å². The van der Waals surface area contributed by atoms with Crippen molar-refractivity contribution in [3.63, 3.8) is 0 Å². The zero-order valence-corrected chi connectivity index (χ0v) is 9.61. The molecule has 0 aliphatic carbocycles. The summed E-state index contributed by atoms with van der Waals surface area (Å²) in [5.41, 5.74) is 3.29. The van der Waals surface area contributed by atoms with Crippen LogP contribution in [0, 0.1) is 26.6 Å². The first-order valence-electron chi connectivity index (χ1n) is 4.74. The van der Waals surface area contributed by atoms with Crippen LogP contribution in [0.2, 0.25) is 5.02 Å². The van der Waals surface area contributed by atoms with E-state index in [0.717, 1.165) is 16.8 Å². The van der Waals surface area contributed by atoms with Gasteiger partial charge in [-0.25, -0.2) is 4.39 Å². The first-order valence-corrected chi connectivity index (χ1v) is 5.11. The minimum Gasteiger partial charge on any atom is -0.252 e. The molecule has 0 saturated carbocycles. The van der Waals surface area contributed by atoms with Crippen LogP contribution in [0.5, 0.6) is 0 Å². The number of rotatable bonds is 0. The van der Waals surface area contributed by atoms with Gasteiger partial charge in [0.1, 0.15) is 5.82 Å². The Morgan fingerprint density at radius 1 is 1.20 bits per heavy atom. The summed E-state index contributed by atoms with van der Waals surface area (Å²) < 4.78 is 13.6. The Morgan fingerprint density at radius 2 is 1.87 bits per heavy atom. The molecule has 1 aromatic carbocycles. The van der Waals surface area contributed by atoms with E-state index in [1.807, 2.05) is 20.8 Å². The van der Waals surface area contributed by atoms with Gasteiger partial charge in [-0.3, -0.25) is 4.98 Å². The highest BCUT2D eigenvalue weighted by molar-refractivity contribution is 6.36. The molecule has 3 heteroatoms. The van der Waals surface area contributed by atoms with Crippen molar-refractivity contribution in [2.45, 2.75) is 20.8 Å². The third-order valence-electron chi connectivity index (χ3n) is 2.70. The first kappa shape index (κ1) is 10.4. The van der Waals surface area contributed by atoms with Crippen LogP contribution < -0.4 is 0 Å². The van der Waals surface area contributed by atoms with Gasteiger partial charge in [0.05, 0.1) is 15.9 Å². The molecule has 0 radical (unpaired) electrons. The largest absolute Gasteiger partial charge is 0.252 e. The zero-order chi connectivity index (χ0) is 11.2. The van der Waals surface area contributed by atoms with Crippen LogP contribution in [-0.4, -0.2) is 4.98 Å². The van der Waals surface area contributed by atoms with Gasteiger partial charge in [0.2, 0.25) is 0 Å². The molecule has 0 fully saturated rings. The van der Waals surface area contributed by atoms with Gasteiger partial charge in [-0.05, 0) is 38.0 Å². The second kappa shape index (κ2) is 3.46. The lowest BCUT2D eigenvalue weighted by Gasteiger charge is -2.09. The van der Waals surface area contributed by atoms with Crippen LogP contribution in [0.1, 0.15) is 16.8 Å². The number of fused-ring (bicyclic) bond motifs is 1. The maximum absolute atomic E-state index is 13.6. The van der Waals surface area contributed by atoms with Gasteiger partial charge in [-0.1, -0.05) is 17.7 Å². The van der Waals surface area contributed by atoms with E-state index < -0.39 is 0 Å². The van der Waals surface area contributed by atoms with Crippen LogP contribution in [0.25, 0.3) is 10.9 Å². The van der Waals surface area contributed by atoms with Crippen molar-refractivity contribution in [3.05, 3.63) is 39.8 Å². The van der Waals surface area contributed by atoms with Crippen molar-refractivity contribution in [2.24, 2.45) is 0 Å². The Bertz CT molecular complexity index is 549. The molecule has 0 aliphatic rings. The van der Waals surface area contributed by atoms with Gasteiger partial charge in [0, 0.05) is 5.69 Å². The molecule has 78 valence electrons. The summed E-state index contributed by atoms with van der Waals surface area (Å²) in [6.07, 6.45) is 0. The predicted molar refractivity (Wildman–Crippen MR) is 60.9 cm³/mol. The number of pyridine rings is 1. The first-order chi connectivity index (χ1) is 7.02. The molecular formula is C12H11ClFN. The molecule has 1 nitrogen and oxygen atoms in total. The van der Waals surface area contributed by atoms with E-state index in [1.54, 1.807) is 6.07 Å². The van der Waals surface area contributed by atoms with E-state index in [0.29, 0.717) is 15.9 Å². The number of nitrogens with zero attached hydrogens (tertiary/aromatic N) is 1. The maximum Gasteiger partial charge on any atom is 0.134 e. The number of hydrogen-bond acceptors (Lipinski definition) is 1. The van der Waals surface area contributed by atoms with Gasteiger partial charge < -0.3 is 0 Å². The highest BCUT2D eigenvalue weighted by Crippen LogP contribution is 2.30. The van der Waals surface area contributed by atoms with Crippen LogP contribution >= 0.6 is 11.6 Å². The molecule has 0 aliphatic heterocycles.